The second kappa shape index (κ2) is 9.65. The van der Waals surface area contributed by atoms with Crippen molar-refractivity contribution >= 4 is 22.6 Å². The van der Waals surface area contributed by atoms with E-state index < -0.39 is 5.91 Å². The molecule has 0 fully saturated rings. The number of nitrogens with zero attached hydrogens (tertiary/aromatic N) is 4. The van der Waals surface area contributed by atoms with Crippen LogP contribution >= 0.6 is 0 Å². The molecule has 0 spiro atoms. The predicted octanol–water partition coefficient (Wildman–Crippen LogP) is 4.04. The standard InChI is InChI=1S/C28H27N5O3/c1-4-36-22-12-10-20(11-13-22)16-29-27(34)25-30-26-28(35)32(17-21-8-6-5-7-19(21)3)24-15-18(2)9-14-23(24)33(26)31-25/h5-15H,4,16-17H2,1-3H3,(H,29,34). The van der Waals surface area contributed by atoms with Gasteiger partial charge in [0.2, 0.25) is 11.5 Å². The van der Waals surface area contributed by atoms with Gasteiger partial charge < -0.3 is 10.1 Å². The first kappa shape index (κ1) is 23.3. The van der Waals surface area contributed by atoms with E-state index in [1.807, 2.05) is 87.5 Å². The molecule has 3 aromatic carbocycles. The molecule has 0 atom stereocenters. The van der Waals surface area contributed by atoms with E-state index in [1.165, 1.54) is 4.52 Å². The molecule has 1 amide bonds. The molecular formula is C28H27N5O3. The molecule has 0 saturated carbocycles. The number of carbonyl (C=O) groups excluding carboxylic acids is 1. The number of rotatable bonds is 7. The van der Waals surface area contributed by atoms with Crippen molar-refractivity contribution in [3.05, 3.63) is 105 Å². The second-order valence-corrected chi connectivity index (χ2v) is 8.74. The van der Waals surface area contributed by atoms with Crippen molar-refractivity contribution in [2.24, 2.45) is 0 Å². The van der Waals surface area contributed by atoms with Crippen LogP contribution < -0.4 is 15.6 Å². The number of aryl methyl sites for hydroxylation is 2. The summed E-state index contributed by atoms with van der Waals surface area (Å²) in [6.45, 7) is 7.23. The number of benzene rings is 3. The Morgan fingerprint density at radius 1 is 1.00 bits per heavy atom. The zero-order valence-electron chi connectivity index (χ0n) is 20.5. The van der Waals surface area contributed by atoms with Crippen LogP contribution in [0.5, 0.6) is 5.75 Å². The number of fused-ring (bicyclic) bond motifs is 3. The number of nitrogens with one attached hydrogen (secondary N) is 1. The molecule has 1 N–H and O–H groups in total. The van der Waals surface area contributed by atoms with Gasteiger partial charge in [-0.2, -0.15) is 4.98 Å². The Hall–Kier alpha value is -4.46. The molecule has 8 heteroatoms. The highest BCUT2D eigenvalue weighted by Crippen LogP contribution is 2.18. The van der Waals surface area contributed by atoms with Crippen molar-refractivity contribution in [2.75, 3.05) is 6.61 Å². The summed E-state index contributed by atoms with van der Waals surface area (Å²) in [6, 6.07) is 21.3. The lowest BCUT2D eigenvalue weighted by Crippen LogP contribution is -2.24. The number of carbonyl (C=O) groups is 1. The Kier molecular flexibility index (Phi) is 6.25. The Morgan fingerprint density at radius 3 is 2.53 bits per heavy atom. The fourth-order valence-electron chi connectivity index (χ4n) is 4.22. The fourth-order valence-corrected chi connectivity index (χ4v) is 4.22. The highest BCUT2D eigenvalue weighted by atomic mass is 16.5. The summed E-state index contributed by atoms with van der Waals surface area (Å²) in [4.78, 5) is 30.8. The number of aromatic nitrogens is 4. The van der Waals surface area contributed by atoms with Crippen molar-refractivity contribution in [1.29, 1.82) is 0 Å². The quantitative estimate of drug-likeness (QED) is 0.379. The van der Waals surface area contributed by atoms with Crippen LogP contribution in [-0.4, -0.2) is 31.7 Å². The first-order chi connectivity index (χ1) is 17.4. The third-order valence-electron chi connectivity index (χ3n) is 6.17. The van der Waals surface area contributed by atoms with E-state index in [0.29, 0.717) is 25.2 Å². The molecule has 0 saturated heterocycles. The van der Waals surface area contributed by atoms with Gasteiger partial charge in [0.1, 0.15) is 5.75 Å². The minimum absolute atomic E-state index is 0.0476. The van der Waals surface area contributed by atoms with Gasteiger partial charge in [-0.3, -0.25) is 14.2 Å². The highest BCUT2D eigenvalue weighted by Gasteiger charge is 2.19. The average molecular weight is 482 g/mol. The van der Waals surface area contributed by atoms with Crippen molar-refractivity contribution in [1.82, 2.24) is 24.5 Å². The largest absolute Gasteiger partial charge is 0.494 e. The third kappa shape index (κ3) is 4.45. The van der Waals surface area contributed by atoms with Crippen molar-refractivity contribution in [2.45, 2.75) is 33.9 Å². The topological polar surface area (TPSA) is 90.5 Å². The van der Waals surface area contributed by atoms with E-state index in [9.17, 15) is 9.59 Å². The van der Waals surface area contributed by atoms with Gasteiger partial charge in [-0.05, 0) is 67.3 Å². The van der Waals surface area contributed by atoms with Crippen LogP contribution in [0, 0.1) is 13.8 Å². The summed E-state index contributed by atoms with van der Waals surface area (Å²) in [5, 5.41) is 7.25. The summed E-state index contributed by atoms with van der Waals surface area (Å²) < 4.78 is 8.63. The lowest BCUT2D eigenvalue weighted by molar-refractivity contribution is 0.0941. The molecule has 0 aliphatic carbocycles. The third-order valence-corrected chi connectivity index (χ3v) is 6.17. The molecular weight excluding hydrogens is 454 g/mol. The maximum atomic E-state index is 13.6. The van der Waals surface area contributed by atoms with Gasteiger partial charge in [0.05, 0.1) is 24.2 Å². The minimum Gasteiger partial charge on any atom is -0.494 e. The van der Waals surface area contributed by atoms with Crippen LogP contribution in [0.2, 0.25) is 0 Å². The van der Waals surface area contributed by atoms with E-state index in [4.69, 9.17) is 4.74 Å². The number of amides is 1. The zero-order valence-corrected chi connectivity index (χ0v) is 20.5. The summed E-state index contributed by atoms with van der Waals surface area (Å²) >= 11 is 0. The Morgan fingerprint density at radius 2 is 1.78 bits per heavy atom. The van der Waals surface area contributed by atoms with Crippen LogP contribution in [0.1, 0.15) is 39.8 Å². The lowest BCUT2D eigenvalue weighted by Gasteiger charge is -2.13. The normalized spacial score (nSPS) is 11.2. The van der Waals surface area contributed by atoms with E-state index in [0.717, 1.165) is 33.5 Å². The Bertz CT molecular complexity index is 1630. The fraction of sp³-hybridized carbons (Fsp3) is 0.214. The highest BCUT2D eigenvalue weighted by molar-refractivity contribution is 5.91. The molecule has 36 heavy (non-hydrogen) atoms. The molecule has 5 rings (SSSR count). The molecule has 0 aliphatic heterocycles. The SMILES string of the molecule is CCOc1ccc(CNC(=O)c2nc3c(=O)n(Cc4ccccc4C)c4cc(C)ccc4n3n2)cc1. The van der Waals surface area contributed by atoms with Crippen LogP contribution in [0.15, 0.2) is 71.5 Å². The van der Waals surface area contributed by atoms with Gasteiger partial charge >= 0.3 is 0 Å². The monoisotopic (exact) mass is 481 g/mol. The average Bonchev–Trinajstić information content (AvgIpc) is 3.33. The molecule has 2 aromatic heterocycles. The van der Waals surface area contributed by atoms with Crippen LogP contribution in [0.4, 0.5) is 0 Å². The Labute approximate surface area is 208 Å². The molecule has 8 nitrogen and oxygen atoms in total. The van der Waals surface area contributed by atoms with E-state index in [-0.39, 0.29) is 17.0 Å². The first-order valence-electron chi connectivity index (χ1n) is 11.9. The first-order valence-corrected chi connectivity index (χ1v) is 11.9. The van der Waals surface area contributed by atoms with E-state index in [2.05, 4.69) is 15.4 Å². The van der Waals surface area contributed by atoms with Crippen LogP contribution in [0.3, 0.4) is 0 Å². The molecule has 182 valence electrons. The molecule has 0 radical (unpaired) electrons. The van der Waals surface area contributed by atoms with Gasteiger partial charge in [0.15, 0.2) is 0 Å². The van der Waals surface area contributed by atoms with Crippen LogP contribution in [0.25, 0.3) is 16.7 Å². The van der Waals surface area contributed by atoms with Gasteiger partial charge in [0, 0.05) is 6.54 Å². The summed E-state index contributed by atoms with van der Waals surface area (Å²) in [7, 11) is 0. The van der Waals surface area contributed by atoms with Gasteiger partial charge in [-0.1, -0.05) is 42.5 Å². The number of hydrogen-bond acceptors (Lipinski definition) is 5. The maximum absolute atomic E-state index is 13.6. The lowest BCUT2D eigenvalue weighted by atomic mass is 10.1. The predicted molar refractivity (Wildman–Crippen MR) is 139 cm³/mol. The smallest absolute Gasteiger partial charge is 0.296 e. The van der Waals surface area contributed by atoms with Gasteiger partial charge in [0.25, 0.3) is 11.5 Å². The molecule has 5 aromatic rings. The van der Waals surface area contributed by atoms with E-state index >= 15 is 0 Å². The second-order valence-electron chi connectivity index (χ2n) is 8.74. The minimum atomic E-state index is -0.447. The summed E-state index contributed by atoms with van der Waals surface area (Å²) in [5.41, 5.74) is 5.34. The van der Waals surface area contributed by atoms with Crippen molar-refractivity contribution in [3.63, 3.8) is 0 Å². The van der Waals surface area contributed by atoms with E-state index in [1.54, 1.807) is 4.57 Å². The number of ether oxygens (including phenoxy) is 1. The molecule has 2 heterocycles. The zero-order chi connectivity index (χ0) is 25.2. The summed E-state index contributed by atoms with van der Waals surface area (Å²) in [5.74, 6) is 0.282. The van der Waals surface area contributed by atoms with Crippen LogP contribution in [-0.2, 0) is 13.1 Å². The van der Waals surface area contributed by atoms with Gasteiger partial charge in [-0.15, -0.1) is 5.10 Å². The Balaban J connectivity index is 1.50. The molecule has 0 aliphatic rings. The molecule has 0 unspecified atom stereocenters. The van der Waals surface area contributed by atoms with Gasteiger partial charge in [-0.25, -0.2) is 4.52 Å². The maximum Gasteiger partial charge on any atom is 0.296 e. The summed E-state index contributed by atoms with van der Waals surface area (Å²) in [6.07, 6.45) is 0. The van der Waals surface area contributed by atoms with Crippen molar-refractivity contribution in [3.8, 4) is 5.75 Å². The molecule has 0 bridgehead atoms. The van der Waals surface area contributed by atoms with Crippen molar-refractivity contribution < 1.29 is 9.53 Å². The number of hydrogen-bond donors (Lipinski definition) is 1.